The molecule has 1 N–H and O–H groups in total. The number of aliphatic hydroxyl groups excluding tert-OH is 1. The van der Waals surface area contributed by atoms with Gasteiger partial charge in [0.05, 0.1) is 17.8 Å². The van der Waals surface area contributed by atoms with Crippen molar-refractivity contribution < 1.29 is 9.90 Å². The monoisotopic (exact) mass is 345 g/mol. The molecule has 5 nitrogen and oxygen atoms in total. The highest BCUT2D eigenvalue weighted by Crippen LogP contribution is 2.34. The minimum absolute atomic E-state index is 0.00353. The fourth-order valence-electron chi connectivity index (χ4n) is 3.12. The van der Waals surface area contributed by atoms with Gasteiger partial charge in [-0.25, -0.2) is 4.98 Å². The lowest BCUT2D eigenvalue weighted by molar-refractivity contribution is -0.133. The van der Waals surface area contributed by atoms with E-state index in [9.17, 15) is 9.90 Å². The molecule has 3 rings (SSSR count). The molecule has 2 aromatic heterocycles. The summed E-state index contributed by atoms with van der Waals surface area (Å²) in [7, 11) is 0. The predicted octanol–water partition coefficient (Wildman–Crippen LogP) is 2.76. The SMILES string of the molecule is CCC1(CO)CCN(C(=O)Cc2csc(-c3ccccn3)n2)CC1. The van der Waals surface area contributed by atoms with E-state index in [1.165, 1.54) is 11.3 Å². The molecular formula is C18H23N3O2S. The smallest absolute Gasteiger partial charge is 0.228 e. The molecule has 3 heterocycles. The van der Waals surface area contributed by atoms with Gasteiger partial charge in [-0.1, -0.05) is 13.0 Å². The molecule has 0 unspecified atom stereocenters. The zero-order valence-corrected chi connectivity index (χ0v) is 14.8. The van der Waals surface area contributed by atoms with Crippen LogP contribution in [-0.4, -0.2) is 45.6 Å². The summed E-state index contributed by atoms with van der Waals surface area (Å²) in [5, 5.41) is 12.4. The van der Waals surface area contributed by atoms with Crippen molar-refractivity contribution in [3.8, 4) is 10.7 Å². The van der Waals surface area contributed by atoms with Crippen molar-refractivity contribution in [3.05, 3.63) is 35.5 Å². The molecule has 1 saturated heterocycles. The zero-order chi connectivity index (χ0) is 17.0. The van der Waals surface area contributed by atoms with Crippen molar-refractivity contribution in [2.45, 2.75) is 32.6 Å². The Morgan fingerprint density at radius 2 is 2.17 bits per heavy atom. The molecule has 128 valence electrons. The zero-order valence-electron chi connectivity index (χ0n) is 13.9. The Kier molecular flexibility index (Phi) is 5.26. The summed E-state index contributed by atoms with van der Waals surface area (Å²) < 4.78 is 0. The largest absolute Gasteiger partial charge is 0.396 e. The number of carbonyl (C=O) groups excluding carboxylic acids is 1. The summed E-state index contributed by atoms with van der Waals surface area (Å²) in [6.07, 6.45) is 4.80. The first-order valence-corrected chi connectivity index (χ1v) is 9.28. The van der Waals surface area contributed by atoms with Crippen LogP contribution < -0.4 is 0 Å². The lowest BCUT2D eigenvalue weighted by atomic mass is 9.77. The lowest BCUT2D eigenvalue weighted by Crippen LogP contribution is -2.45. The maximum absolute atomic E-state index is 12.5. The quantitative estimate of drug-likeness (QED) is 0.905. The molecule has 0 spiro atoms. The summed E-state index contributed by atoms with van der Waals surface area (Å²) in [6.45, 7) is 3.78. The van der Waals surface area contributed by atoms with E-state index in [0.29, 0.717) is 6.42 Å². The van der Waals surface area contributed by atoms with E-state index in [-0.39, 0.29) is 17.9 Å². The topological polar surface area (TPSA) is 66.3 Å². The maximum atomic E-state index is 12.5. The summed E-state index contributed by atoms with van der Waals surface area (Å²) in [5.74, 6) is 0.121. The van der Waals surface area contributed by atoms with Crippen LogP contribution in [0.1, 0.15) is 31.9 Å². The molecule has 0 aliphatic carbocycles. The first kappa shape index (κ1) is 17.0. The number of aliphatic hydroxyl groups is 1. The van der Waals surface area contributed by atoms with Crippen LogP contribution in [0.5, 0.6) is 0 Å². The number of hydrogen-bond donors (Lipinski definition) is 1. The van der Waals surface area contributed by atoms with Crippen molar-refractivity contribution in [1.29, 1.82) is 0 Å². The first-order chi connectivity index (χ1) is 11.7. The van der Waals surface area contributed by atoms with Gasteiger partial charge in [-0.2, -0.15) is 0 Å². The average molecular weight is 345 g/mol. The molecule has 24 heavy (non-hydrogen) atoms. The Morgan fingerprint density at radius 1 is 1.38 bits per heavy atom. The molecule has 0 aromatic carbocycles. The van der Waals surface area contributed by atoms with E-state index in [1.54, 1.807) is 6.20 Å². The van der Waals surface area contributed by atoms with Gasteiger partial charge in [0.2, 0.25) is 5.91 Å². The summed E-state index contributed by atoms with van der Waals surface area (Å²) in [5.41, 5.74) is 1.65. The number of rotatable bonds is 5. The van der Waals surface area contributed by atoms with Gasteiger partial charge in [0.15, 0.2) is 0 Å². The first-order valence-electron chi connectivity index (χ1n) is 8.40. The summed E-state index contributed by atoms with van der Waals surface area (Å²) >= 11 is 1.52. The van der Waals surface area contributed by atoms with Crippen LogP contribution in [-0.2, 0) is 11.2 Å². The number of thiazole rings is 1. The Labute approximate surface area is 146 Å². The van der Waals surface area contributed by atoms with Gasteiger partial charge in [0.25, 0.3) is 0 Å². The van der Waals surface area contributed by atoms with E-state index >= 15 is 0 Å². The predicted molar refractivity (Wildman–Crippen MR) is 94.7 cm³/mol. The highest BCUT2D eigenvalue weighted by molar-refractivity contribution is 7.13. The van der Waals surface area contributed by atoms with Crippen LogP contribution in [0.25, 0.3) is 10.7 Å². The number of carbonyl (C=O) groups is 1. The standard InChI is InChI=1S/C18H23N3O2S/c1-2-18(13-22)6-9-21(10-7-18)16(23)11-14-12-24-17(20-14)15-5-3-4-8-19-15/h3-5,8,12,22H,2,6-7,9-11,13H2,1H3. The van der Waals surface area contributed by atoms with Gasteiger partial charge >= 0.3 is 0 Å². The molecule has 1 aliphatic heterocycles. The van der Waals surface area contributed by atoms with Crippen molar-refractivity contribution in [3.63, 3.8) is 0 Å². The maximum Gasteiger partial charge on any atom is 0.228 e. The minimum atomic E-state index is 0.00353. The van der Waals surface area contributed by atoms with Crippen LogP contribution in [0, 0.1) is 5.41 Å². The highest BCUT2D eigenvalue weighted by atomic mass is 32.1. The molecule has 0 bridgehead atoms. The third kappa shape index (κ3) is 3.65. The normalized spacial score (nSPS) is 17.0. The second-order valence-electron chi connectivity index (χ2n) is 6.43. The third-order valence-corrected chi connectivity index (χ3v) is 5.94. The highest BCUT2D eigenvalue weighted by Gasteiger charge is 2.33. The molecule has 1 amide bonds. The van der Waals surface area contributed by atoms with Gasteiger partial charge in [0, 0.05) is 31.3 Å². The van der Waals surface area contributed by atoms with Crippen LogP contribution >= 0.6 is 11.3 Å². The third-order valence-electron chi connectivity index (χ3n) is 5.03. The Morgan fingerprint density at radius 3 is 2.79 bits per heavy atom. The van der Waals surface area contributed by atoms with Crippen LogP contribution in [0.2, 0.25) is 0 Å². The number of nitrogens with zero attached hydrogens (tertiary/aromatic N) is 3. The number of amides is 1. The molecule has 1 fully saturated rings. The molecule has 6 heteroatoms. The minimum Gasteiger partial charge on any atom is -0.396 e. The average Bonchev–Trinajstić information content (AvgIpc) is 3.11. The Bertz CT molecular complexity index is 673. The molecule has 0 radical (unpaired) electrons. The number of pyridine rings is 1. The molecule has 2 aromatic rings. The summed E-state index contributed by atoms with van der Waals surface area (Å²) in [6, 6.07) is 5.73. The number of likely N-dealkylation sites (tertiary alicyclic amines) is 1. The number of piperidine rings is 1. The molecule has 0 saturated carbocycles. The number of aromatic nitrogens is 2. The molecular weight excluding hydrogens is 322 g/mol. The van der Waals surface area contributed by atoms with Crippen molar-refractivity contribution >= 4 is 17.2 Å². The van der Waals surface area contributed by atoms with E-state index in [2.05, 4.69) is 16.9 Å². The molecule has 0 atom stereocenters. The van der Waals surface area contributed by atoms with E-state index < -0.39 is 0 Å². The second-order valence-corrected chi connectivity index (χ2v) is 7.29. The van der Waals surface area contributed by atoms with Crippen molar-refractivity contribution in [1.82, 2.24) is 14.9 Å². The lowest BCUT2D eigenvalue weighted by Gasteiger charge is -2.40. The van der Waals surface area contributed by atoms with Gasteiger partial charge in [-0.15, -0.1) is 11.3 Å². The van der Waals surface area contributed by atoms with Crippen molar-refractivity contribution in [2.75, 3.05) is 19.7 Å². The van der Waals surface area contributed by atoms with Crippen LogP contribution in [0.15, 0.2) is 29.8 Å². The van der Waals surface area contributed by atoms with Crippen LogP contribution in [0.3, 0.4) is 0 Å². The Balaban J connectivity index is 1.59. The fourth-order valence-corrected chi connectivity index (χ4v) is 3.91. The van der Waals surface area contributed by atoms with E-state index in [0.717, 1.165) is 48.7 Å². The van der Waals surface area contributed by atoms with E-state index in [1.807, 2.05) is 28.5 Å². The van der Waals surface area contributed by atoms with Gasteiger partial charge in [0.1, 0.15) is 5.01 Å². The van der Waals surface area contributed by atoms with E-state index in [4.69, 9.17) is 0 Å². The van der Waals surface area contributed by atoms with Gasteiger partial charge < -0.3 is 10.0 Å². The van der Waals surface area contributed by atoms with Gasteiger partial charge in [-0.05, 0) is 36.8 Å². The fraction of sp³-hybridized carbons (Fsp3) is 0.500. The van der Waals surface area contributed by atoms with Gasteiger partial charge in [-0.3, -0.25) is 9.78 Å². The second kappa shape index (κ2) is 7.40. The Hall–Kier alpha value is -1.79. The van der Waals surface area contributed by atoms with Crippen molar-refractivity contribution in [2.24, 2.45) is 5.41 Å². The van der Waals surface area contributed by atoms with Crippen LogP contribution in [0.4, 0.5) is 0 Å². The number of hydrogen-bond acceptors (Lipinski definition) is 5. The molecule has 1 aliphatic rings. The summed E-state index contributed by atoms with van der Waals surface area (Å²) in [4.78, 5) is 23.3.